The van der Waals surface area contributed by atoms with Crippen LogP contribution in [-0.2, 0) is 20.1 Å². The van der Waals surface area contributed by atoms with Gasteiger partial charge in [0.05, 0.1) is 8.07 Å². The number of nitrogens with zero attached hydrogens (tertiary/aromatic N) is 2. The molecule has 4 aromatic carbocycles. The van der Waals surface area contributed by atoms with Crippen molar-refractivity contribution in [1.29, 1.82) is 0 Å². The minimum absolute atomic E-state index is 0. The number of pyridine rings is 2. The van der Waals surface area contributed by atoms with Gasteiger partial charge in [-0.25, -0.2) is 0 Å². The van der Waals surface area contributed by atoms with Gasteiger partial charge < -0.3 is 9.97 Å². The molecule has 0 N–H and O–H groups in total. The Morgan fingerprint density at radius 1 is 0.717 bits per heavy atom. The summed E-state index contributed by atoms with van der Waals surface area (Å²) in [6, 6.07) is 41.3. The molecule has 1 radical (unpaired) electrons. The van der Waals surface area contributed by atoms with Crippen LogP contribution < -0.4 is 15.6 Å². The second-order valence-electron chi connectivity index (χ2n) is 13.4. The van der Waals surface area contributed by atoms with E-state index in [0.717, 1.165) is 22.5 Å². The number of hydrogen-bond donors (Lipinski definition) is 0. The first-order chi connectivity index (χ1) is 21.6. The normalized spacial score (nSPS) is 13.0. The molecule has 1 aliphatic heterocycles. The van der Waals surface area contributed by atoms with Crippen molar-refractivity contribution in [2.75, 3.05) is 0 Å². The SMILES string of the molecule is C[Si](C)(C)c1ccc(-c2[c-]cccc2)nc1.Cc1ccnc(-c2[c-]ccc3c2sc2cc4c(cc23)-c2ccccc2[Si]4(C)C)c1.[Ir]. The maximum atomic E-state index is 4.63. The van der Waals surface area contributed by atoms with E-state index >= 15 is 0 Å². The van der Waals surface area contributed by atoms with Gasteiger partial charge in [0.1, 0.15) is 8.07 Å². The van der Waals surface area contributed by atoms with E-state index in [1.165, 1.54) is 42.0 Å². The van der Waals surface area contributed by atoms with E-state index in [-0.39, 0.29) is 20.1 Å². The molecule has 3 aromatic heterocycles. The van der Waals surface area contributed by atoms with Crippen molar-refractivity contribution in [3.63, 3.8) is 0 Å². The van der Waals surface area contributed by atoms with Gasteiger partial charge in [-0.2, -0.15) is 11.3 Å². The Bertz CT molecular complexity index is 2180. The molecule has 0 amide bonds. The fourth-order valence-corrected chi connectivity index (χ4v) is 11.8. The van der Waals surface area contributed by atoms with Crippen molar-refractivity contribution in [1.82, 2.24) is 9.97 Å². The minimum Gasteiger partial charge on any atom is -0.305 e. The predicted octanol–water partition coefficient (Wildman–Crippen LogP) is 9.12. The molecular weight excluding hydrogens is 789 g/mol. The van der Waals surface area contributed by atoms with Crippen LogP contribution in [0.25, 0.3) is 53.8 Å². The molecule has 6 heteroatoms. The van der Waals surface area contributed by atoms with Gasteiger partial charge in [0.15, 0.2) is 0 Å². The molecule has 0 bridgehead atoms. The fraction of sp³-hybridized carbons (Fsp3) is 0.150. The molecule has 0 saturated carbocycles. The second-order valence-corrected chi connectivity index (χ2v) is 23.9. The standard InChI is InChI=1S/C26H20NSSi.C14H16NSi.Ir/c1-16-11-12-27-22(13-16)19-9-6-8-18-20-14-21-17-7-4-5-10-24(17)29(2,3)25(21)15-23(20)28-26(18)19;1-16(2,3)13-9-10-14(15-11-13)12-7-5-4-6-8-12;/h4-8,10-15H,1-3H3;4-7,9-11H,1-3H3;/q2*-1;. The summed E-state index contributed by atoms with van der Waals surface area (Å²) in [5.74, 6) is 0. The zero-order valence-electron chi connectivity index (χ0n) is 27.0. The molecule has 2 nitrogen and oxygen atoms in total. The van der Waals surface area contributed by atoms with Crippen LogP contribution in [0.4, 0.5) is 0 Å². The Balaban J connectivity index is 0.000000187. The number of aromatic nitrogens is 2. The van der Waals surface area contributed by atoms with Crippen LogP contribution in [0.2, 0.25) is 32.7 Å². The van der Waals surface area contributed by atoms with E-state index in [9.17, 15) is 0 Å². The third-order valence-electron chi connectivity index (χ3n) is 8.92. The van der Waals surface area contributed by atoms with Crippen molar-refractivity contribution in [2.45, 2.75) is 39.7 Å². The van der Waals surface area contributed by atoms with E-state index in [2.05, 4.69) is 122 Å². The Labute approximate surface area is 292 Å². The van der Waals surface area contributed by atoms with E-state index < -0.39 is 16.1 Å². The van der Waals surface area contributed by atoms with Crippen LogP contribution in [0.3, 0.4) is 0 Å². The molecular formula is C40H36IrN2SSi2-2. The van der Waals surface area contributed by atoms with Gasteiger partial charge in [0, 0.05) is 37.2 Å². The molecule has 7 aromatic rings. The average Bonchev–Trinajstić information content (AvgIpc) is 3.52. The summed E-state index contributed by atoms with van der Waals surface area (Å²) in [5.41, 5.74) is 8.28. The van der Waals surface area contributed by atoms with Crippen molar-refractivity contribution in [2.24, 2.45) is 0 Å². The number of hydrogen-bond acceptors (Lipinski definition) is 3. The summed E-state index contributed by atoms with van der Waals surface area (Å²) < 4.78 is 2.66. The molecule has 0 spiro atoms. The van der Waals surface area contributed by atoms with E-state index in [0.29, 0.717) is 0 Å². The Kier molecular flexibility index (Phi) is 8.87. The summed E-state index contributed by atoms with van der Waals surface area (Å²) in [4.78, 5) is 9.15. The molecule has 4 heterocycles. The second kappa shape index (κ2) is 12.6. The molecule has 8 rings (SSSR count). The van der Waals surface area contributed by atoms with Crippen LogP contribution in [0.1, 0.15) is 5.56 Å². The van der Waals surface area contributed by atoms with E-state index in [1.807, 2.05) is 60.1 Å². The van der Waals surface area contributed by atoms with Crippen molar-refractivity contribution in [3.8, 4) is 33.6 Å². The summed E-state index contributed by atoms with van der Waals surface area (Å²) >= 11 is 1.89. The van der Waals surface area contributed by atoms with Crippen LogP contribution in [0.15, 0.2) is 109 Å². The topological polar surface area (TPSA) is 25.8 Å². The molecule has 0 saturated heterocycles. The fourth-order valence-electron chi connectivity index (χ4n) is 6.35. The smallest absolute Gasteiger partial charge is 0.113 e. The summed E-state index contributed by atoms with van der Waals surface area (Å²) in [6.07, 6.45) is 3.91. The first-order valence-electron chi connectivity index (χ1n) is 15.5. The third-order valence-corrected chi connectivity index (χ3v) is 15.7. The van der Waals surface area contributed by atoms with Gasteiger partial charge in [-0.05, 0) is 73.3 Å². The van der Waals surface area contributed by atoms with Crippen LogP contribution >= 0.6 is 11.3 Å². The first-order valence-corrected chi connectivity index (χ1v) is 22.8. The maximum absolute atomic E-state index is 4.63. The van der Waals surface area contributed by atoms with Crippen molar-refractivity contribution in [3.05, 3.63) is 127 Å². The van der Waals surface area contributed by atoms with E-state index in [4.69, 9.17) is 0 Å². The van der Waals surface area contributed by atoms with Crippen LogP contribution in [0.5, 0.6) is 0 Å². The zero-order valence-corrected chi connectivity index (χ0v) is 32.2. The van der Waals surface area contributed by atoms with Gasteiger partial charge in [-0.3, -0.25) is 0 Å². The zero-order chi connectivity index (χ0) is 31.3. The van der Waals surface area contributed by atoms with Gasteiger partial charge in [-0.1, -0.05) is 86.1 Å². The summed E-state index contributed by atoms with van der Waals surface area (Å²) in [6.45, 7) is 14.1. The predicted molar refractivity (Wildman–Crippen MR) is 200 cm³/mol. The molecule has 0 aliphatic carbocycles. The van der Waals surface area contributed by atoms with Gasteiger partial charge in [-0.15, -0.1) is 59.7 Å². The first kappa shape index (κ1) is 32.4. The minimum atomic E-state index is -1.65. The number of aryl methyl sites for hydroxylation is 1. The van der Waals surface area contributed by atoms with Gasteiger partial charge in [0.25, 0.3) is 0 Å². The van der Waals surface area contributed by atoms with Gasteiger partial charge in [0.2, 0.25) is 0 Å². The Morgan fingerprint density at radius 2 is 1.52 bits per heavy atom. The number of thiophene rings is 1. The summed E-state index contributed by atoms with van der Waals surface area (Å²) in [5, 5.41) is 7.20. The monoisotopic (exact) mass is 825 g/mol. The molecule has 0 atom stereocenters. The number of rotatable bonds is 3. The van der Waals surface area contributed by atoms with Crippen molar-refractivity contribution < 1.29 is 20.1 Å². The quantitative estimate of drug-likeness (QED) is 0.131. The van der Waals surface area contributed by atoms with Gasteiger partial charge >= 0.3 is 0 Å². The molecule has 231 valence electrons. The largest absolute Gasteiger partial charge is 0.305 e. The Morgan fingerprint density at radius 3 is 2.24 bits per heavy atom. The molecule has 1 aliphatic rings. The van der Waals surface area contributed by atoms with E-state index in [1.54, 1.807) is 10.4 Å². The molecule has 0 fully saturated rings. The third kappa shape index (κ3) is 5.89. The molecule has 46 heavy (non-hydrogen) atoms. The molecule has 0 unspecified atom stereocenters. The van der Waals surface area contributed by atoms with Crippen molar-refractivity contribution >= 4 is 63.2 Å². The summed E-state index contributed by atoms with van der Waals surface area (Å²) in [7, 11) is -2.88. The number of fused-ring (bicyclic) bond motifs is 6. The Hall–Kier alpha value is -3.52. The van der Waals surface area contributed by atoms with Crippen LogP contribution in [0, 0.1) is 19.1 Å². The van der Waals surface area contributed by atoms with Crippen LogP contribution in [-0.4, -0.2) is 26.1 Å². The maximum Gasteiger partial charge on any atom is 0.113 e. The average molecular weight is 825 g/mol. The number of benzene rings is 4.